The Kier molecular flexibility index (Phi) is 4.97. The first-order valence-corrected chi connectivity index (χ1v) is 12.3. The van der Waals surface area contributed by atoms with Crippen LogP contribution >= 0.6 is 11.6 Å². The second-order valence-electron chi connectivity index (χ2n) is 10.4. The monoisotopic (exact) mass is 520 g/mol. The van der Waals surface area contributed by atoms with Crippen LogP contribution in [0.25, 0.3) is 10.9 Å². The molecule has 37 heavy (non-hydrogen) atoms. The van der Waals surface area contributed by atoms with Gasteiger partial charge in [0.05, 0.1) is 29.7 Å². The fraction of sp³-hybridized carbons (Fsp3) is 0.400. The molecule has 0 aliphatic heterocycles. The number of aromatic nitrogens is 7. The van der Waals surface area contributed by atoms with Gasteiger partial charge in [-0.15, -0.1) is 10.2 Å². The number of pyridine rings is 1. The topological polar surface area (TPSA) is 141 Å². The van der Waals surface area contributed by atoms with Crippen molar-refractivity contribution in [1.82, 2.24) is 34.7 Å². The second-order valence-corrected chi connectivity index (χ2v) is 10.8. The first kappa shape index (κ1) is 23.5. The number of nitrogens with zero attached hydrogens (tertiary/aromatic N) is 7. The lowest BCUT2D eigenvalue weighted by atomic mass is 9.34. The van der Waals surface area contributed by atoms with E-state index in [0.29, 0.717) is 16.6 Å². The lowest BCUT2D eigenvalue weighted by Crippen LogP contribution is -2.69. The highest BCUT2D eigenvalue weighted by atomic mass is 35.5. The average molecular weight is 521 g/mol. The molecule has 1 aromatic carbocycles. The zero-order valence-corrected chi connectivity index (χ0v) is 21.5. The number of halogens is 1. The lowest BCUT2D eigenvalue weighted by Gasteiger charge is -2.68. The van der Waals surface area contributed by atoms with Crippen molar-refractivity contribution in [3.8, 4) is 0 Å². The van der Waals surface area contributed by atoms with Crippen LogP contribution in [0.4, 0.5) is 5.69 Å². The molecule has 4 aromatic rings. The van der Waals surface area contributed by atoms with E-state index in [0.717, 1.165) is 42.0 Å². The van der Waals surface area contributed by atoms with Crippen LogP contribution in [0.15, 0.2) is 29.1 Å². The molecule has 2 bridgehead atoms. The minimum atomic E-state index is -1.18. The molecule has 0 amide bonds. The van der Waals surface area contributed by atoms with Crippen molar-refractivity contribution in [3.05, 3.63) is 68.2 Å². The quantitative estimate of drug-likeness (QED) is 0.367. The van der Waals surface area contributed by atoms with Gasteiger partial charge in [-0.1, -0.05) is 17.7 Å². The van der Waals surface area contributed by atoms with Gasteiger partial charge in [-0.2, -0.15) is 4.80 Å². The maximum Gasteiger partial charge on any atom is 0.356 e. The first-order valence-electron chi connectivity index (χ1n) is 11.9. The summed E-state index contributed by atoms with van der Waals surface area (Å²) in [6.45, 7) is 3.83. The number of hydrogen-bond acceptors (Lipinski definition) is 8. The number of aryl methyl sites for hydroxylation is 2. The smallest absolute Gasteiger partial charge is 0.356 e. The maximum atomic E-state index is 13.5. The number of benzene rings is 1. The zero-order valence-electron chi connectivity index (χ0n) is 20.8. The van der Waals surface area contributed by atoms with Gasteiger partial charge in [0, 0.05) is 23.4 Å². The van der Waals surface area contributed by atoms with Crippen LogP contribution in [-0.4, -0.2) is 45.8 Å². The third kappa shape index (κ3) is 3.44. The van der Waals surface area contributed by atoms with E-state index in [-0.39, 0.29) is 33.3 Å². The minimum absolute atomic E-state index is 0.0965. The molecule has 3 heterocycles. The van der Waals surface area contributed by atoms with Crippen molar-refractivity contribution in [3.63, 3.8) is 0 Å². The number of anilines is 1. The SMILES string of the molecule is Cc1cc([C@@H](C)Nc2ccc(Cl)nc2C(=O)O)c2nc(C34CC(c5nnn(C)n5)(C3)C4)n(C)c(=O)c2c1. The number of carboxylic acid groups (broad SMARTS) is 1. The largest absolute Gasteiger partial charge is 0.476 e. The highest BCUT2D eigenvalue weighted by Gasteiger charge is 2.72. The lowest BCUT2D eigenvalue weighted by molar-refractivity contribution is -0.0838. The fourth-order valence-corrected chi connectivity index (χ4v) is 6.29. The molecule has 3 aliphatic rings. The molecule has 12 heteroatoms. The maximum absolute atomic E-state index is 13.5. The van der Waals surface area contributed by atoms with E-state index in [1.54, 1.807) is 24.7 Å². The third-order valence-corrected chi connectivity index (χ3v) is 7.95. The Morgan fingerprint density at radius 1 is 1.16 bits per heavy atom. The summed E-state index contributed by atoms with van der Waals surface area (Å²) in [6.07, 6.45) is 2.47. The number of aromatic carboxylic acids is 1. The minimum Gasteiger partial charge on any atom is -0.476 e. The summed E-state index contributed by atoms with van der Waals surface area (Å²) < 4.78 is 1.67. The summed E-state index contributed by atoms with van der Waals surface area (Å²) in [7, 11) is 3.53. The van der Waals surface area contributed by atoms with Crippen LogP contribution in [0.1, 0.15) is 65.5 Å². The van der Waals surface area contributed by atoms with Crippen LogP contribution in [-0.2, 0) is 24.9 Å². The predicted octanol–water partition coefficient (Wildman–Crippen LogP) is 3.06. The molecule has 11 nitrogen and oxygen atoms in total. The Labute approximate surface area is 216 Å². The molecule has 190 valence electrons. The molecule has 3 aromatic heterocycles. The van der Waals surface area contributed by atoms with E-state index in [9.17, 15) is 14.7 Å². The molecule has 3 fully saturated rings. The molecule has 3 saturated carbocycles. The summed E-state index contributed by atoms with van der Waals surface area (Å²) in [6, 6.07) is 6.59. The van der Waals surface area contributed by atoms with Gasteiger partial charge in [0.2, 0.25) is 0 Å². The van der Waals surface area contributed by atoms with Crippen LogP contribution < -0.4 is 10.9 Å². The number of hydrogen-bond donors (Lipinski definition) is 2. The van der Waals surface area contributed by atoms with Gasteiger partial charge in [0.1, 0.15) is 11.0 Å². The highest BCUT2D eigenvalue weighted by molar-refractivity contribution is 6.29. The molecule has 1 atom stereocenters. The Bertz CT molecular complexity index is 1660. The summed E-state index contributed by atoms with van der Waals surface area (Å²) in [5.41, 5.74) is 2.09. The normalized spacial score (nSPS) is 22.8. The van der Waals surface area contributed by atoms with Crippen LogP contribution in [0.3, 0.4) is 0 Å². The van der Waals surface area contributed by atoms with Crippen molar-refractivity contribution in [2.45, 2.75) is 50.0 Å². The first-order chi connectivity index (χ1) is 17.5. The number of tetrazole rings is 1. The summed E-state index contributed by atoms with van der Waals surface area (Å²) in [4.78, 5) is 35.8. The van der Waals surface area contributed by atoms with E-state index in [1.165, 1.54) is 10.9 Å². The van der Waals surface area contributed by atoms with E-state index < -0.39 is 5.97 Å². The van der Waals surface area contributed by atoms with Gasteiger partial charge >= 0.3 is 5.97 Å². The van der Waals surface area contributed by atoms with Crippen LogP contribution in [0, 0.1) is 6.92 Å². The second kappa shape index (κ2) is 7.82. The average Bonchev–Trinajstić information content (AvgIpc) is 3.22. The third-order valence-electron chi connectivity index (χ3n) is 7.74. The molecule has 0 unspecified atom stereocenters. The van der Waals surface area contributed by atoms with Gasteiger partial charge in [0.25, 0.3) is 5.56 Å². The van der Waals surface area contributed by atoms with Crippen LogP contribution in [0.2, 0.25) is 5.15 Å². The molecule has 0 saturated heterocycles. The standard InChI is InChI=1S/C25H25ClN8O3/c1-12-7-14(13(2)27-16-5-6-17(26)28-19(16)21(36)37)18-15(8-12)20(35)33(3)23(29-18)25-9-24(10-25,11-25)22-30-32-34(4)31-22/h5-8,13,27H,9-11H2,1-4H3,(H,36,37)/t13-,24?,25?/m1/s1. The van der Waals surface area contributed by atoms with E-state index in [1.807, 2.05) is 26.0 Å². The van der Waals surface area contributed by atoms with Crippen molar-refractivity contribution in [2.75, 3.05) is 5.32 Å². The number of nitrogens with one attached hydrogen (secondary N) is 1. The Balaban J connectivity index is 1.40. The fourth-order valence-electron chi connectivity index (χ4n) is 6.14. The number of rotatable bonds is 6. The Hall–Kier alpha value is -3.86. The Morgan fingerprint density at radius 3 is 2.54 bits per heavy atom. The van der Waals surface area contributed by atoms with Crippen molar-refractivity contribution in [1.29, 1.82) is 0 Å². The van der Waals surface area contributed by atoms with Crippen molar-refractivity contribution in [2.24, 2.45) is 14.1 Å². The van der Waals surface area contributed by atoms with Gasteiger partial charge in [0.15, 0.2) is 11.5 Å². The molecule has 0 spiro atoms. The van der Waals surface area contributed by atoms with E-state index in [2.05, 4.69) is 25.7 Å². The number of fused-ring (bicyclic) bond motifs is 1. The number of carboxylic acids is 1. The van der Waals surface area contributed by atoms with Gasteiger partial charge < -0.3 is 10.4 Å². The summed E-state index contributed by atoms with van der Waals surface area (Å²) in [5, 5.41) is 26.1. The molecular formula is C25H25ClN8O3. The van der Waals surface area contributed by atoms with Crippen LogP contribution in [0.5, 0.6) is 0 Å². The van der Waals surface area contributed by atoms with Gasteiger partial charge in [-0.25, -0.2) is 14.8 Å². The zero-order chi connectivity index (χ0) is 26.3. The highest BCUT2D eigenvalue weighted by Crippen LogP contribution is 2.72. The summed E-state index contributed by atoms with van der Waals surface area (Å²) in [5.74, 6) is 0.325. The molecule has 0 radical (unpaired) electrons. The Morgan fingerprint density at radius 2 is 1.89 bits per heavy atom. The molecule has 7 rings (SSSR count). The molecule has 2 N–H and O–H groups in total. The van der Waals surface area contributed by atoms with Crippen molar-refractivity contribution >= 4 is 34.2 Å². The molecule has 3 aliphatic carbocycles. The van der Waals surface area contributed by atoms with E-state index >= 15 is 0 Å². The van der Waals surface area contributed by atoms with Crippen molar-refractivity contribution < 1.29 is 9.90 Å². The van der Waals surface area contributed by atoms with E-state index in [4.69, 9.17) is 16.6 Å². The van der Waals surface area contributed by atoms with Gasteiger partial charge in [-0.3, -0.25) is 9.36 Å². The molecular weight excluding hydrogens is 496 g/mol. The van der Waals surface area contributed by atoms with Gasteiger partial charge in [-0.05, 0) is 62.1 Å². The number of carbonyl (C=O) groups is 1. The summed E-state index contributed by atoms with van der Waals surface area (Å²) >= 11 is 5.92. The predicted molar refractivity (Wildman–Crippen MR) is 136 cm³/mol.